The second-order valence-electron chi connectivity index (χ2n) is 7.97. The number of amides is 1. The molecule has 1 amide bonds. The SMILES string of the molecule is O=C(NCCCn1ccc2ccccc21)c1cn(C2CC2)c2cc(Cl)c(F)cc2c1=O. The summed E-state index contributed by atoms with van der Waals surface area (Å²) in [5.74, 6) is -1.10. The Morgan fingerprint density at radius 2 is 1.97 bits per heavy atom. The van der Waals surface area contributed by atoms with Gasteiger partial charge in [-0.15, -0.1) is 0 Å². The highest BCUT2D eigenvalue weighted by molar-refractivity contribution is 6.31. The van der Waals surface area contributed by atoms with Crippen molar-refractivity contribution in [2.24, 2.45) is 0 Å². The third-order valence-electron chi connectivity index (χ3n) is 5.80. The minimum absolute atomic E-state index is 0.0314. The van der Waals surface area contributed by atoms with E-state index >= 15 is 0 Å². The predicted octanol–water partition coefficient (Wildman–Crippen LogP) is 4.90. The van der Waals surface area contributed by atoms with Gasteiger partial charge in [-0.05, 0) is 48.9 Å². The number of nitrogens with one attached hydrogen (secondary N) is 1. The van der Waals surface area contributed by atoms with Crippen LogP contribution in [-0.2, 0) is 6.54 Å². The van der Waals surface area contributed by atoms with Gasteiger partial charge in [-0.2, -0.15) is 0 Å². The van der Waals surface area contributed by atoms with E-state index in [0.717, 1.165) is 37.4 Å². The number of hydrogen-bond acceptors (Lipinski definition) is 2. The summed E-state index contributed by atoms with van der Waals surface area (Å²) < 4.78 is 18.0. The Kier molecular flexibility index (Phi) is 5.02. The summed E-state index contributed by atoms with van der Waals surface area (Å²) in [6, 6.07) is 13.0. The van der Waals surface area contributed by atoms with Gasteiger partial charge in [0.2, 0.25) is 5.43 Å². The maximum absolute atomic E-state index is 14.0. The first-order chi connectivity index (χ1) is 15.0. The molecule has 0 atom stereocenters. The van der Waals surface area contributed by atoms with E-state index in [1.165, 1.54) is 11.5 Å². The largest absolute Gasteiger partial charge is 0.352 e. The molecule has 0 spiro atoms. The van der Waals surface area contributed by atoms with Crippen LogP contribution in [-0.4, -0.2) is 21.6 Å². The minimum Gasteiger partial charge on any atom is -0.352 e. The van der Waals surface area contributed by atoms with Crippen LogP contribution in [0.3, 0.4) is 0 Å². The molecule has 2 aromatic carbocycles. The summed E-state index contributed by atoms with van der Waals surface area (Å²) in [4.78, 5) is 25.7. The highest BCUT2D eigenvalue weighted by Gasteiger charge is 2.27. The van der Waals surface area contributed by atoms with Crippen molar-refractivity contribution in [1.29, 1.82) is 0 Å². The molecule has 0 aliphatic heterocycles. The Hall–Kier alpha value is -3.12. The third-order valence-corrected chi connectivity index (χ3v) is 6.09. The molecule has 2 aromatic heterocycles. The molecule has 1 fully saturated rings. The number of para-hydroxylation sites is 1. The quantitative estimate of drug-likeness (QED) is 0.436. The fourth-order valence-corrected chi connectivity index (χ4v) is 4.20. The molecule has 5 rings (SSSR count). The Bertz CT molecular complexity index is 1370. The average Bonchev–Trinajstić information content (AvgIpc) is 3.53. The highest BCUT2D eigenvalue weighted by Crippen LogP contribution is 2.37. The molecule has 0 bridgehead atoms. The lowest BCUT2D eigenvalue weighted by atomic mass is 10.1. The van der Waals surface area contributed by atoms with Crippen LogP contribution in [0.15, 0.2) is 59.7 Å². The average molecular weight is 438 g/mol. The van der Waals surface area contributed by atoms with Crippen molar-refractivity contribution in [3.63, 3.8) is 0 Å². The molecule has 158 valence electrons. The van der Waals surface area contributed by atoms with Gasteiger partial charge in [0.15, 0.2) is 0 Å². The van der Waals surface area contributed by atoms with Crippen LogP contribution in [0, 0.1) is 5.82 Å². The summed E-state index contributed by atoms with van der Waals surface area (Å²) in [5.41, 5.74) is 1.27. The summed E-state index contributed by atoms with van der Waals surface area (Å²) in [6.07, 6.45) is 6.26. The summed E-state index contributed by atoms with van der Waals surface area (Å²) in [6.45, 7) is 1.18. The van der Waals surface area contributed by atoms with Crippen LogP contribution in [0.4, 0.5) is 4.39 Å². The first-order valence-electron chi connectivity index (χ1n) is 10.4. The van der Waals surface area contributed by atoms with E-state index in [9.17, 15) is 14.0 Å². The number of fused-ring (bicyclic) bond motifs is 2. The van der Waals surface area contributed by atoms with Crippen molar-refractivity contribution in [1.82, 2.24) is 14.5 Å². The summed E-state index contributed by atoms with van der Waals surface area (Å²) >= 11 is 5.93. The molecule has 0 unspecified atom stereocenters. The number of nitrogens with zero attached hydrogens (tertiary/aromatic N) is 2. The molecule has 1 aliphatic rings. The molecule has 1 N–H and O–H groups in total. The molecule has 4 aromatic rings. The van der Waals surface area contributed by atoms with Gasteiger partial charge in [0.1, 0.15) is 11.4 Å². The number of aryl methyl sites for hydroxylation is 1. The van der Waals surface area contributed by atoms with Crippen molar-refractivity contribution < 1.29 is 9.18 Å². The van der Waals surface area contributed by atoms with E-state index in [0.29, 0.717) is 12.1 Å². The van der Waals surface area contributed by atoms with Gasteiger partial charge in [0.25, 0.3) is 5.91 Å². The van der Waals surface area contributed by atoms with Crippen molar-refractivity contribution >= 4 is 39.3 Å². The van der Waals surface area contributed by atoms with Crippen LogP contribution in [0.25, 0.3) is 21.8 Å². The zero-order valence-electron chi connectivity index (χ0n) is 16.8. The molecule has 2 heterocycles. The maximum atomic E-state index is 14.0. The lowest BCUT2D eigenvalue weighted by Crippen LogP contribution is -2.31. The second kappa shape index (κ2) is 7.85. The van der Waals surface area contributed by atoms with Gasteiger partial charge in [-0.3, -0.25) is 9.59 Å². The van der Waals surface area contributed by atoms with Crippen LogP contribution in [0.1, 0.15) is 35.7 Å². The Morgan fingerprint density at radius 3 is 2.77 bits per heavy atom. The minimum atomic E-state index is -0.662. The van der Waals surface area contributed by atoms with Gasteiger partial charge in [0, 0.05) is 42.4 Å². The van der Waals surface area contributed by atoms with E-state index in [1.54, 1.807) is 6.20 Å². The molecular weight excluding hydrogens is 417 g/mol. The number of halogens is 2. The Labute approximate surface area is 183 Å². The zero-order chi connectivity index (χ0) is 21.5. The molecular formula is C24H21ClFN3O2. The highest BCUT2D eigenvalue weighted by atomic mass is 35.5. The van der Waals surface area contributed by atoms with E-state index in [1.807, 2.05) is 22.9 Å². The lowest BCUT2D eigenvalue weighted by molar-refractivity contribution is 0.0951. The lowest BCUT2D eigenvalue weighted by Gasteiger charge is -2.13. The van der Waals surface area contributed by atoms with Crippen molar-refractivity contribution in [3.05, 3.63) is 81.5 Å². The van der Waals surface area contributed by atoms with E-state index < -0.39 is 17.2 Å². The number of pyridine rings is 1. The van der Waals surface area contributed by atoms with Crippen LogP contribution in [0.5, 0.6) is 0 Å². The fourth-order valence-electron chi connectivity index (χ4n) is 4.04. The second-order valence-corrected chi connectivity index (χ2v) is 8.38. The van der Waals surface area contributed by atoms with Crippen molar-refractivity contribution in [3.8, 4) is 0 Å². The van der Waals surface area contributed by atoms with Crippen LogP contribution < -0.4 is 10.7 Å². The van der Waals surface area contributed by atoms with Crippen molar-refractivity contribution in [2.45, 2.75) is 31.8 Å². The third kappa shape index (κ3) is 3.72. The molecule has 0 saturated heterocycles. The number of carbonyl (C=O) groups excluding carboxylic acids is 1. The number of benzene rings is 2. The summed E-state index contributed by atoms with van der Waals surface area (Å²) in [5, 5.41) is 4.17. The van der Waals surface area contributed by atoms with Gasteiger partial charge in [0.05, 0.1) is 10.5 Å². The normalized spacial score (nSPS) is 13.7. The predicted molar refractivity (Wildman–Crippen MR) is 120 cm³/mol. The smallest absolute Gasteiger partial charge is 0.256 e. The van der Waals surface area contributed by atoms with Gasteiger partial charge in [-0.1, -0.05) is 29.8 Å². The van der Waals surface area contributed by atoms with E-state index in [-0.39, 0.29) is 22.0 Å². The number of rotatable bonds is 6. The molecule has 31 heavy (non-hydrogen) atoms. The maximum Gasteiger partial charge on any atom is 0.256 e. The molecule has 7 heteroatoms. The van der Waals surface area contributed by atoms with Gasteiger partial charge in [-0.25, -0.2) is 4.39 Å². The number of carbonyl (C=O) groups is 1. The van der Waals surface area contributed by atoms with Crippen LogP contribution >= 0.6 is 11.6 Å². The zero-order valence-corrected chi connectivity index (χ0v) is 17.5. The molecule has 1 saturated carbocycles. The standard InChI is InChI=1S/C24H21ClFN3O2/c25-19-13-22-17(12-20(19)26)23(30)18(14-29(22)16-6-7-16)24(31)27-9-3-10-28-11-8-15-4-1-2-5-21(15)28/h1-2,4-5,8,11-14,16H,3,6-7,9-10H2,(H,27,31). The fraction of sp³-hybridized carbons (Fsp3) is 0.250. The first kappa shape index (κ1) is 19.8. The number of hydrogen-bond donors (Lipinski definition) is 1. The van der Waals surface area contributed by atoms with Gasteiger partial charge < -0.3 is 14.5 Å². The summed E-state index contributed by atoms with van der Waals surface area (Å²) in [7, 11) is 0. The Balaban J connectivity index is 1.34. The van der Waals surface area contributed by atoms with Crippen LogP contribution in [0.2, 0.25) is 5.02 Å². The van der Waals surface area contributed by atoms with E-state index in [4.69, 9.17) is 11.6 Å². The van der Waals surface area contributed by atoms with Gasteiger partial charge >= 0.3 is 0 Å². The first-order valence-corrected chi connectivity index (χ1v) is 10.8. The molecule has 5 nitrogen and oxygen atoms in total. The topological polar surface area (TPSA) is 56.0 Å². The van der Waals surface area contributed by atoms with Crippen molar-refractivity contribution in [2.75, 3.05) is 6.54 Å². The monoisotopic (exact) mass is 437 g/mol. The number of aromatic nitrogens is 2. The Morgan fingerprint density at radius 1 is 1.16 bits per heavy atom. The molecule has 1 aliphatic carbocycles. The van der Waals surface area contributed by atoms with E-state index in [2.05, 4.69) is 28.1 Å². The molecule has 0 radical (unpaired) electrons.